The van der Waals surface area contributed by atoms with Gasteiger partial charge in [-0.25, -0.2) is 0 Å². The first-order valence-corrected chi connectivity index (χ1v) is 6.71. The topological polar surface area (TPSA) is 45.0 Å². The highest BCUT2D eigenvalue weighted by Crippen LogP contribution is 2.26. The first kappa shape index (κ1) is 14.1. The molecule has 1 N–H and O–H groups in total. The number of rotatable bonds is 5. The number of nitriles is 1. The van der Waals surface area contributed by atoms with Crippen LogP contribution in [0, 0.1) is 18.3 Å². The van der Waals surface area contributed by atoms with Gasteiger partial charge in [0.05, 0.1) is 5.56 Å². The summed E-state index contributed by atoms with van der Waals surface area (Å²) in [5.74, 6) is 1.34. The third-order valence-corrected chi connectivity index (χ3v) is 2.99. The van der Waals surface area contributed by atoms with E-state index in [0.717, 1.165) is 24.4 Å². The molecule has 2 aromatic carbocycles. The van der Waals surface area contributed by atoms with Crippen molar-refractivity contribution in [1.29, 1.82) is 5.26 Å². The lowest BCUT2D eigenvalue weighted by Gasteiger charge is -2.09. The number of hydrogen-bond acceptors (Lipinski definition) is 3. The molecule has 0 amide bonds. The summed E-state index contributed by atoms with van der Waals surface area (Å²) in [5.41, 5.74) is 2.82. The van der Waals surface area contributed by atoms with Gasteiger partial charge in [-0.2, -0.15) is 5.26 Å². The first-order valence-electron chi connectivity index (χ1n) is 6.71. The Morgan fingerprint density at radius 2 is 1.90 bits per heavy atom. The number of benzene rings is 2. The number of ether oxygens (including phenoxy) is 1. The summed E-state index contributed by atoms with van der Waals surface area (Å²) in [6.45, 7) is 5.75. The molecular weight excluding hydrogens is 248 g/mol. The van der Waals surface area contributed by atoms with Gasteiger partial charge in [0.2, 0.25) is 0 Å². The Balaban J connectivity index is 2.19. The van der Waals surface area contributed by atoms with Crippen molar-refractivity contribution < 1.29 is 4.74 Å². The predicted molar refractivity (Wildman–Crippen MR) is 79.8 cm³/mol. The fraction of sp³-hybridized carbons (Fsp3) is 0.235. The van der Waals surface area contributed by atoms with Crippen molar-refractivity contribution in [3.8, 4) is 17.6 Å². The van der Waals surface area contributed by atoms with Crippen LogP contribution < -0.4 is 10.1 Å². The van der Waals surface area contributed by atoms with E-state index in [0.29, 0.717) is 11.3 Å². The van der Waals surface area contributed by atoms with Crippen LogP contribution in [0.15, 0.2) is 42.5 Å². The van der Waals surface area contributed by atoms with Crippen molar-refractivity contribution in [2.24, 2.45) is 0 Å². The third kappa shape index (κ3) is 3.59. The molecule has 0 aliphatic heterocycles. The van der Waals surface area contributed by atoms with E-state index in [-0.39, 0.29) is 0 Å². The van der Waals surface area contributed by atoms with Crippen molar-refractivity contribution in [1.82, 2.24) is 5.32 Å². The molecule has 0 aliphatic rings. The quantitative estimate of drug-likeness (QED) is 0.896. The molecule has 0 fully saturated rings. The maximum Gasteiger partial charge on any atom is 0.145 e. The number of aryl methyl sites for hydroxylation is 1. The van der Waals surface area contributed by atoms with Gasteiger partial charge in [-0.05, 0) is 43.3 Å². The molecule has 3 heteroatoms. The zero-order valence-corrected chi connectivity index (χ0v) is 11.8. The largest absolute Gasteiger partial charge is 0.456 e. The molecule has 0 unspecified atom stereocenters. The van der Waals surface area contributed by atoms with Gasteiger partial charge in [0.1, 0.15) is 17.6 Å². The van der Waals surface area contributed by atoms with E-state index in [1.54, 1.807) is 0 Å². The lowest BCUT2D eigenvalue weighted by molar-refractivity contribution is 0.480. The molecule has 0 heterocycles. The summed E-state index contributed by atoms with van der Waals surface area (Å²) in [6.07, 6.45) is 0. The first-order chi connectivity index (χ1) is 9.72. The van der Waals surface area contributed by atoms with Gasteiger partial charge in [-0.1, -0.05) is 30.7 Å². The summed E-state index contributed by atoms with van der Waals surface area (Å²) >= 11 is 0. The Hall–Kier alpha value is -2.31. The summed E-state index contributed by atoms with van der Waals surface area (Å²) in [4.78, 5) is 0. The van der Waals surface area contributed by atoms with E-state index in [2.05, 4.69) is 18.3 Å². The Labute approximate surface area is 119 Å². The van der Waals surface area contributed by atoms with Gasteiger partial charge in [0.25, 0.3) is 0 Å². The van der Waals surface area contributed by atoms with Crippen molar-refractivity contribution in [3.63, 3.8) is 0 Å². The second-order valence-electron chi connectivity index (χ2n) is 4.64. The Kier molecular flexibility index (Phi) is 4.75. The highest BCUT2D eigenvalue weighted by molar-refractivity contribution is 5.47. The third-order valence-electron chi connectivity index (χ3n) is 2.99. The van der Waals surface area contributed by atoms with Gasteiger partial charge in [-0.3, -0.25) is 0 Å². The van der Waals surface area contributed by atoms with Gasteiger partial charge in [0, 0.05) is 6.54 Å². The van der Waals surface area contributed by atoms with Gasteiger partial charge in [0.15, 0.2) is 0 Å². The molecule has 102 valence electrons. The number of nitrogens with one attached hydrogen (secondary N) is 1. The smallest absolute Gasteiger partial charge is 0.145 e. The van der Waals surface area contributed by atoms with Crippen LogP contribution in [0.3, 0.4) is 0 Å². The van der Waals surface area contributed by atoms with E-state index < -0.39 is 0 Å². The molecule has 0 radical (unpaired) electrons. The molecule has 0 bridgehead atoms. The van der Waals surface area contributed by atoms with Crippen LogP contribution in [0.2, 0.25) is 0 Å². The fourth-order valence-corrected chi connectivity index (χ4v) is 1.87. The summed E-state index contributed by atoms with van der Waals surface area (Å²) in [6, 6.07) is 15.7. The molecule has 20 heavy (non-hydrogen) atoms. The molecule has 2 aromatic rings. The highest BCUT2D eigenvalue weighted by atomic mass is 16.5. The molecule has 0 saturated heterocycles. The fourth-order valence-electron chi connectivity index (χ4n) is 1.87. The maximum atomic E-state index is 9.24. The van der Waals surface area contributed by atoms with Crippen LogP contribution in [-0.4, -0.2) is 6.54 Å². The normalized spacial score (nSPS) is 10.1. The van der Waals surface area contributed by atoms with Crippen LogP contribution in [-0.2, 0) is 6.54 Å². The Morgan fingerprint density at radius 1 is 1.15 bits per heavy atom. The SMILES string of the molecule is CCNCc1ccc(Oc2ccc(C)cc2)c(C#N)c1. The van der Waals surface area contributed by atoms with Crippen molar-refractivity contribution >= 4 is 0 Å². The average Bonchev–Trinajstić information content (AvgIpc) is 2.48. The summed E-state index contributed by atoms with van der Waals surface area (Å²) in [5, 5.41) is 12.5. The lowest BCUT2D eigenvalue weighted by Crippen LogP contribution is -2.11. The molecular formula is C17H18N2O. The van der Waals surface area contributed by atoms with Crippen LogP contribution in [0.25, 0.3) is 0 Å². The molecule has 0 aromatic heterocycles. The van der Waals surface area contributed by atoms with E-state index in [9.17, 15) is 5.26 Å². The number of nitrogens with zero attached hydrogens (tertiary/aromatic N) is 1. The molecule has 0 aliphatic carbocycles. The van der Waals surface area contributed by atoms with E-state index in [1.165, 1.54) is 5.56 Å². The van der Waals surface area contributed by atoms with E-state index in [4.69, 9.17) is 4.74 Å². The summed E-state index contributed by atoms with van der Waals surface area (Å²) in [7, 11) is 0. The number of hydrogen-bond donors (Lipinski definition) is 1. The molecule has 0 saturated carbocycles. The van der Waals surface area contributed by atoms with Crippen molar-refractivity contribution in [3.05, 3.63) is 59.2 Å². The van der Waals surface area contributed by atoms with Crippen LogP contribution in [0.5, 0.6) is 11.5 Å². The lowest BCUT2D eigenvalue weighted by atomic mass is 10.1. The van der Waals surface area contributed by atoms with Crippen LogP contribution >= 0.6 is 0 Å². The zero-order chi connectivity index (χ0) is 14.4. The molecule has 2 rings (SSSR count). The molecule has 0 atom stereocenters. The predicted octanol–water partition coefficient (Wildman–Crippen LogP) is 3.77. The minimum atomic E-state index is 0.556. The average molecular weight is 266 g/mol. The van der Waals surface area contributed by atoms with Crippen molar-refractivity contribution in [2.45, 2.75) is 20.4 Å². The monoisotopic (exact) mass is 266 g/mol. The van der Waals surface area contributed by atoms with Gasteiger partial charge >= 0.3 is 0 Å². The summed E-state index contributed by atoms with van der Waals surface area (Å²) < 4.78 is 5.77. The van der Waals surface area contributed by atoms with Gasteiger partial charge in [-0.15, -0.1) is 0 Å². The molecule has 3 nitrogen and oxygen atoms in total. The Bertz CT molecular complexity index is 612. The van der Waals surface area contributed by atoms with E-state index in [1.807, 2.05) is 49.4 Å². The standard InChI is InChI=1S/C17H18N2O/c1-3-19-12-14-6-9-17(15(10-14)11-18)20-16-7-4-13(2)5-8-16/h4-10,19H,3,12H2,1-2H3. The van der Waals surface area contributed by atoms with Crippen LogP contribution in [0.1, 0.15) is 23.6 Å². The second kappa shape index (κ2) is 6.74. The van der Waals surface area contributed by atoms with E-state index >= 15 is 0 Å². The van der Waals surface area contributed by atoms with Gasteiger partial charge < -0.3 is 10.1 Å². The van der Waals surface area contributed by atoms with Crippen LogP contribution in [0.4, 0.5) is 0 Å². The Morgan fingerprint density at radius 3 is 2.55 bits per heavy atom. The minimum Gasteiger partial charge on any atom is -0.456 e. The van der Waals surface area contributed by atoms with Crippen molar-refractivity contribution in [2.75, 3.05) is 6.54 Å². The second-order valence-corrected chi connectivity index (χ2v) is 4.64. The molecule has 0 spiro atoms. The highest BCUT2D eigenvalue weighted by Gasteiger charge is 2.06. The minimum absolute atomic E-state index is 0.556. The maximum absolute atomic E-state index is 9.24. The zero-order valence-electron chi connectivity index (χ0n) is 11.8.